The predicted octanol–water partition coefficient (Wildman–Crippen LogP) is -0.553. The SMILES string of the molecule is O=CO[C@H]1OC[C@@H]2OC(=O)C[C@H]12. The zero-order valence-corrected chi connectivity index (χ0v) is 6.26. The first kappa shape index (κ1) is 7.54. The molecule has 2 aliphatic heterocycles. The lowest BCUT2D eigenvalue weighted by Gasteiger charge is -2.11. The topological polar surface area (TPSA) is 61.8 Å². The van der Waals surface area contributed by atoms with Crippen LogP contribution in [0, 0.1) is 5.92 Å². The van der Waals surface area contributed by atoms with Crippen molar-refractivity contribution in [3.63, 3.8) is 0 Å². The molecule has 0 radical (unpaired) electrons. The molecule has 0 bridgehead atoms. The van der Waals surface area contributed by atoms with Gasteiger partial charge in [-0.05, 0) is 0 Å². The first-order valence-corrected chi connectivity index (χ1v) is 3.71. The van der Waals surface area contributed by atoms with Crippen molar-refractivity contribution in [2.75, 3.05) is 6.61 Å². The van der Waals surface area contributed by atoms with E-state index in [4.69, 9.17) is 9.47 Å². The minimum atomic E-state index is -0.598. The van der Waals surface area contributed by atoms with Crippen molar-refractivity contribution in [3.05, 3.63) is 0 Å². The molecule has 0 aliphatic carbocycles. The Morgan fingerprint density at radius 1 is 1.58 bits per heavy atom. The highest BCUT2D eigenvalue weighted by Crippen LogP contribution is 2.33. The van der Waals surface area contributed by atoms with Crippen molar-refractivity contribution in [3.8, 4) is 0 Å². The van der Waals surface area contributed by atoms with Gasteiger partial charge < -0.3 is 14.2 Å². The molecule has 12 heavy (non-hydrogen) atoms. The molecule has 2 rings (SSSR count). The van der Waals surface area contributed by atoms with Gasteiger partial charge in [0.05, 0.1) is 18.9 Å². The van der Waals surface area contributed by atoms with Crippen molar-refractivity contribution >= 4 is 12.4 Å². The van der Waals surface area contributed by atoms with Crippen molar-refractivity contribution in [1.82, 2.24) is 0 Å². The van der Waals surface area contributed by atoms with Crippen LogP contribution in [0.3, 0.4) is 0 Å². The Kier molecular flexibility index (Phi) is 1.73. The Morgan fingerprint density at radius 3 is 3.17 bits per heavy atom. The summed E-state index contributed by atoms with van der Waals surface area (Å²) in [6, 6.07) is 0. The highest BCUT2D eigenvalue weighted by Gasteiger charge is 2.47. The molecular weight excluding hydrogens is 164 g/mol. The van der Waals surface area contributed by atoms with Gasteiger partial charge in [0.2, 0.25) is 6.29 Å². The van der Waals surface area contributed by atoms with Gasteiger partial charge in [0.15, 0.2) is 0 Å². The fourth-order valence-corrected chi connectivity index (χ4v) is 1.57. The van der Waals surface area contributed by atoms with E-state index >= 15 is 0 Å². The van der Waals surface area contributed by atoms with Gasteiger partial charge >= 0.3 is 5.97 Å². The van der Waals surface area contributed by atoms with Crippen LogP contribution < -0.4 is 0 Å². The van der Waals surface area contributed by atoms with Gasteiger partial charge in [-0.3, -0.25) is 9.59 Å². The van der Waals surface area contributed by atoms with Crippen LogP contribution in [0.15, 0.2) is 0 Å². The summed E-state index contributed by atoms with van der Waals surface area (Å²) < 4.78 is 14.6. The molecule has 5 nitrogen and oxygen atoms in total. The normalized spacial score (nSPS) is 39.0. The standard InChI is InChI=1S/C7H8O5/c8-3-11-7-4-1-6(9)12-5(4)2-10-7/h3-5,7H,1-2H2/t4-,5-,7+/m0/s1. The van der Waals surface area contributed by atoms with Crippen molar-refractivity contribution in [2.24, 2.45) is 5.92 Å². The zero-order valence-electron chi connectivity index (χ0n) is 6.26. The summed E-state index contributed by atoms with van der Waals surface area (Å²) >= 11 is 0. The van der Waals surface area contributed by atoms with Crippen LogP contribution in [0.4, 0.5) is 0 Å². The van der Waals surface area contributed by atoms with E-state index in [2.05, 4.69) is 4.74 Å². The van der Waals surface area contributed by atoms with Crippen LogP contribution in [0.2, 0.25) is 0 Å². The molecule has 66 valence electrons. The monoisotopic (exact) mass is 172 g/mol. The quantitative estimate of drug-likeness (QED) is 0.413. The van der Waals surface area contributed by atoms with Gasteiger partial charge in [0.1, 0.15) is 6.10 Å². The van der Waals surface area contributed by atoms with Crippen LogP contribution in [0.5, 0.6) is 0 Å². The Hall–Kier alpha value is -1.10. The van der Waals surface area contributed by atoms with Crippen LogP contribution in [0.25, 0.3) is 0 Å². The summed E-state index contributed by atoms with van der Waals surface area (Å²) in [4.78, 5) is 20.8. The van der Waals surface area contributed by atoms with E-state index in [1.54, 1.807) is 0 Å². The second-order valence-electron chi connectivity index (χ2n) is 2.83. The average molecular weight is 172 g/mol. The van der Waals surface area contributed by atoms with Gasteiger partial charge in [0.25, 0.3) is 6.47 Å². The molecule has 3 atom stereocenters. The number of carbonyl (C=O) groups is 2. The third-order valence-electron chi connectivity index (χ3n) is 2.13. The van der Waals surface area contributed by atoms with Gasteiger partial charge in [-0.15, -0.1) is 0 Å². The maximum absolute atomic E-state index is 10.8. The molecule has 0 amide bonds. The van der Waals surface area contributed by atoms with E-state index < -0.39 is 6.29 Å². The molecule has 0 saturated carbocycles. The minimum Gasteiger partial charge on any atom is -0.459 e. The first-order valence-electron chi connectivity index (χ1n) is 3.71. The molecule has 2 saturated heterocycles. The van der Waals surface area contributed by atoms with Crippen LogP contribution in [-0.2, 0) is 23.8 Å². The van der Waals surface area contributed by atoms with E-state index in [1.165, 1.54) is 0 Å². The summed E-state index contributed by atoms with van der Waals surface area (Å²) in [5.74, 6) is -0.351. The highest BCUT2D eigenvalue weighted by molar-refractivity contribution is 5.72. The number of hydrogen-bond acceptors (Lipinski definition) is 5. The van der Waals surface area contributed by atoms with Gasteiger partial charge in [-0.1, -0.05) is 0 Å². The van der Waals surface area contributed by atoms with Crippen molar-refractivity contribution in [1.29, 1.82) is 0 Å². The molecule has 0 unspecified atom stereocenters. The summed E-state index contributed by atoms with van der Waals surface area (Å²) in [5, 5.41) is 0. The van der Waals surface area contributed by atoms with Gasteiger partial charge in [-0.2, -0.15) is 0 Å². The van der Waals surface area contributed by atoms with Crippen LogP contribution >= 0.6 is 0 Å². The zero-order chi connectivity index (χ0) is 8.55. The Labute approximate surface area is 68.6 Å². The molecule has 2 fully saturated rings. The fourth-order valence-electron chi connectivity index (χ4n) is 1.57. The van der Waals surface area contributed by atoms with Gasteiger partial charge in [-0.25, -0.2) is 0 Å². The highest BCUT2D eigenvalue weighted by atomic mass is 16.7. The largest absolute Gasteiger partial charge is 0.459 e. The Balaban J connectivity index is 2.02. The smallest absolute Gasteiger partial charge is 0.306 e. The van der Waals surface area contributed by atoms with Crippen molar-refractivity contribution in [2.45, 2.75) is 18.8 Å². The summed E-state index contributed by atoms with van der Waals surface area (Å²) in [5.41, 5.74) is 0. The molecule has 2 aliphatic rings. The second-order valence-corrected chi connectivity index (χ2v) is 2.83. The first-order chi connectivity index (χ1) is 5.81. The fraction of sp³-hybridized carbons (Fsp3) is 0.714. The number of carbonyl (C=O) groups excluding carboxylic acids is 2. The van der Waals surface area contributed by atoms with E-state index in [0.717, 1.165) is 0 Å². The van der Waals surface area contributed by atoms with E-state index in [9.17, 15) is 9.59 Å². The van der Waals surface area contributed by atoms with Gasteiger partial charge in [0, 0.05) is 0 Å². The third-order valence-corrected chi connectivity index (χ3v) is 2.13. The minimum absolute atomic E-state index is 0.109. The molecule has 0 N–H and O–H groups in total. The number of rotatable bonds is 2. The summed E-state index contributed by atoms with van der Waals surface area (Å²) in [6.07, 6.45) is -0.537. The van der Waals surface area contributed by atoms with Crippen LogP contribution in [-0.4, -0.2) is 31.4 Å². The second kappa shape index (κ2) is 2.75. The molecule has 0 aromatic carbocycles. The molecular formula is C7H8O5. The average Bonchev–Trinajstić information content (AvgIpc) is 2.52. The third kappa shape index (κ3) is 1.06. The number of ether oxygens (including phenoxy) is 3. The molecule has 0 spiro atoms. The molecule has 2 heterocycles. The van der Waals surface area contributed by atoms with E-state index in [1.807, 2.05) is 0 Å². The van der Waals surface area contributed by atoms with Crippen LogP contribution in [0.1, 0.15) is 6.42 Å². The Bertz CT molecular complexity index is 214. The maximum atomic E-state index is 10.8. The number of fused-ring (bicyclic) bond motifs is 1. The lowest BCUT2D eigenvalue weighted by atomic mass is 10.0. The maximum Gasteiger partial charge on any atom is 0.306 e. The molecule has 5 heteroatoms. The van der Waals surface area contributed by atoms with E-state index in [0.29, 0.717) is 13.1 Å². The molecule has 0 aromatic heterocycles. The molecule has 0 aromatic rings. The summed E-state index contributed by atoms with van der Waals surface area (Å²) in [7, 11) is 0. The summed E-state index contributed by atoms with van der Waals surface area (Å²) in [6.45, 7) is 0.657. The lowest BCUT2D eigenvalue weighted by Crippen LogP contribution is -2.21. The Morgan fingerprint density at radius 2 is 2.42 bits per heavy atom. The lowest BCUT2D eigenvalue weighted by molar-refractivity contribution is -0.162. The van der Waals surface area contributed by atoms with E-state index in [-0.39, 0.29) is 24.4 Å². The van der Waals surface area contributed by atoms with Crippen molar-refractivity contribution < 1.29 is 23.8 Å². The number of esters is 1. The predicted molar refractivity (Wildman–Crippen MR) is 34.9 cm³/mol. The number of hydrogen-bond donors (Lipinski definition) is 0.